The molecule has 0 aromatic heterocycles. The fraction of sp³-hybridized carbons (Fsp3) is 0.0588. The number of phenols is 1. The van der Waals surface area contributed by atoms with Gasteiger partial charge in [0.1, 0.15) is 0 Å². The molecule has 1 saturated heterocycles. The van der Waals surface area contributed by atoms with Crippen molar-refractivity contribution in [1.82, 2.24) is 5.32 Å². The van der Waals surface area contributed by atoms with Gasteiger partial charge in [0.15, 0.2) is 10.9 Å². The number of amidine groups is 1. The van der Waals surface area contributed by atoms with Gasteiger partial charge in [0.05, 0.1) is 15.5 Å². The summed E-state index contributed by atoms with van der Waals surface area (Å²) >= 11 is 7.18. The lowest BCUT2D eigenvalue weighted by Gasteiger charge is -2.00. The first-order valence-corrected chi connectivity index (χ1v) is 8.56. The standard InChI is InChI=1S/C17H12ClN3O4S/c1-9-2-4-11(8-12(9)18)19-17-20-16(23)15(26-17)7-10-3-5-14(22)13(6-10)21(24)25/h2-8,22H,1H3,(H,19,20,23)/b15-7-. The van der Waals surface area contributed by atoms with Crippen LogP contribution in [0.2, 0.25) is 5.02 Å². The Balaban J connectivity index is 1.86. The van der Waals surface area contributed by atoms with Crippen LogP contribution in [0.4, 0.5) is 11.4 Å². The zero-order valence-corrected chi connectivity index (χ0v) is 15.0. The van der Waals surface area contributed by atoms with E-state index in [0.29, 0.717) is 26.3 Å². The largest absolute Gasteiger partial charge is 0.502 e. The number of nitrogens with zero attached hydrogens (tertiary/aromatic N) is 2. The van der Waals surface area contributed by atoms with Crippen LogP contribution in [-0.2, 0) is 4.79 Å². The number of phenolic OH excluding ortho intramolecular Hbond substituents is 1. The molecular weight excluding hydrogens is 378 g/mol. The van der Waals surface area contributed by atoms with E-state index >= 15 is 0 Å². The Hall–Kier alpha value is -2.84. The Morgan fingerprint density at radius 2 is 2.08 bits per heavy atom. The molecule has 1 fully saturated rings. The summed E-state index contributed by atoms with van der Waals surface area (Å²) in [5.41, 5.74) is 1.52. The number of nitro groups is 1. The Morgan fingerprint density at radius 3 is 2.77 bits per heavy atom. The molecule has 0 unspecified atom stereocenters. The number of carbonyl (C=O) groups excluding carboxylic acids is 1. The second kappa shape index (κ2) is 7.19. The van der Waals surface area contributed by atoms with Gasteiger partial charge in [-0.25, -0.2) is 4.99 Å². The van der Waals surface area contributed by atoms with Crippen molar-refractivity contribution in [2.24, 2.45) is 4.99 Å². The highest BCUT2D eigenvalue weighted by Crippen LogP contribution is 2.32. The van der Waals surface area contributed by atoms with E-state index in [1.807, 2.05) is 13.0 Å². The Morgan fingerprint density at radius 1 is 1.31 bits per heavy atom. The van der Waals surface area contributed by atoms with Crippen LogP contribution in [0.3, 0.4) is 0 Å². The van der Waals surface area contributed by atoms with E-state index in [4.69, 9.17) is 11.6 Å². The second-order valence-electron chi connectivity index (χ2n) is 5.42. The van der Waals surface area contributed by atoms with E-state index in [-0.39, 0.29) is 5.91 Å². The molecule has 0 radical (unpaired) electrons. The lowest BCUT2D eigenvalue weighted by Crippen LogP contribution is -2.19. The monoisotopic (exact) mass is 389 g/mol. The van der Waals surface area contributed by atoms with Crippen molar-refractivity contribution in [2.75, 3.05) is 0 Å². The molecule has 1 amide bonds. The summed E-state index contributed by atoms with van der Waals surface area (Å²) < 4.78 is 0. The average Bonchev–Trinajstić information content (AvgIpc) is 2.92. The number of nitrogens with one attached hydrogen (secondary N) is 1. The quantitative estimate of drug-likeness (QED) is 0.466. The molecule has 2 N–H and O–H groups in total. The highest BCUT2D eigenvalue weighted by molar-refractivity contribution is 8.18. The number of aryl methyl sites for hydroxylation is 1. The molecule has 1 aliphatic heterocycles. The van der Waals surface area contributed by atoms with E-state index in [2.05, 4.69) is 10.3 Å². The summed E-state index contributed by atoms with van der Waals surface area (Å²) in [6.45, 7) is 1.88. The molecule has 0 atom stereocenters. The molecule has 0 aliphatic carbocycles. The van der Waals surface area contributed by atoms with Crippen molar-refractivity contribution in [3.05, 3.63) is 67.6 Å². The third-order valence-corrected chi connectivity index (χ3v) is 4.85. The predicted octanol–water partition coefficient (Wildman–Crippen LogP) is 4.15. The summed E-state index contributed by atoms with van der Waals surface area (Å²) in [5, 5.41) is 24.0. The molecule has 2 aromatic carbocycles. The number of aliphatic imine (C=N–C) groups is 1. The van der Waals surface area contributed by atoms with Crippen LogP contribution in [0.25, 0.3) is 6.08 Å². The normalized spacial score (nSPS) is 16.9. The highest BCUT2D eigenvalue weighted by atomic mass is 35.5. The number of hydrogen-bond donors (Lipinski definition) is 2. The minimum absolute atomic E-state index is 0.335. The van der Waals surface area contributed by atoms with Gasteiger partial charge < -0.3 is 10.4 Å². The number of nitro benzene ring substituents is 1. The van der Waals surface area contributed by atoms with Crippen molar-refractivity contribution in [1.29, 1.82) is 0 Å². The molecule has 2 aromatic rings. The molecular formula is C17H12ClN3O4S. The van der Waals surface area contributed by atoms with Crippen LogP contribution in [0, 0.1) is 17.0 Å². The molecule has 9 heteroatoms. The minimum Gasteiger partial charge on any atom is -0.502 e. The maximum absolute atomic E-state index is 12.1. The number of halogens is 1. The average molecular weight is 390 g/mol. The predicted molar refractivity (Wildman–Crippen MR) is 102 cm³/mol. The van der Waals surface area contributed by atoms with Crippen molar-refractivity contribution in [3.8, 4) is 5.75 Å². The van der Waals surface area contributed by atoms with E-state index in [1.165, 1.54) is 24.3 Å². The number of hydrogen-bond acceptors (Lipinski definition) is 6. The van der Waals surface area contributed by atoms with Crippen LogP contribution >= 0.6 is 23.4 Å². The maximum atomic E-state index is 12.1. The molecule has 1 heterocycles. The van der Waals surface area contributed by atoms with Gasteiger partial charge >= 0.3 is 5.69 Å². The molecule has 1 aliphatic rings. The van der Waals surface area contributed by atoms with Crippen LogP contribution < -0.4 is 5.32 Å². The molecule has 0 saturated carbocycles. The third-order valence-electron chi connectivity index (χ3n) is 3.53. The molecule has 0 spiro atoms. The Labute approximate surface area is 157 Å². The van der Waals surface area contributed by atoms with Gasteiger partial charge in [-0.1, -0.05) is 23.7 Å². The van der Waals surface area contributed by atoms with Crippen molar-refractivity contribution in [3.63, 3.8) is 0 Å². The first-order chi connectivity index (χ1) is 12.3. The number of thioether (sulfide) groups is 1. The van der Waals surface area contributed by atoms with Gasteiger partial charge in [-0.15, -0.1) is 0 Å². The SMILES string of the molecule is Cc1ccc(N=C2NC(=O)/C(=C/c3ccc(O)c([N+](=O)[O-])c3)S2)cc1Cl. The molecule has 0 bridgehead atoms. The number of amides is 1. The number of carbonyl (C=O) groups is 1. The lowest BCUT2D eigenvalue weighted by molar-refractivity contribution is -0.385. The maximum Gasteiger partial charge on any atom is 0.311 e. The van der Waals surface area contributed by atoms with Gasteiger partial charge in [0.25, 0.3) is 5.91 Å². The van der Waals surface area contributed by atoms with Crippen molar-refractivity contribution < 1.29 is 14.8 Å². The topological polar surface area (TPSA) is 105 Å². The molecule has 132 valence electrons. The van der Waals surface area contributed by atoms with Gasteiger partial charge in [0.2, 0.25) is 0 Å². The van der Waals surface area contributed by atoms with E-state index in [0.717, 1.165) is 17.3 Å². The van der Waals surface area contributed by atoms with Crippen LogP contribution in [0.5, 0.6) is 5.75 Å². The van der Waals surface area contributed by atoms with E-state index < -0.39 is 16.4 Å². The summed E-state index contributed by atoms with van der Waals surface area (Å²) in [4.78, 5) is 27.0. The zero-order chi connectivity index (χ0) is 18.8. The van der Waals surface area contributed by atoms with Gasteiger partial charge in [0, 0.05) is 11.1 Å². The summed E-state index contributed by atoms with van der Waals surface area (Å²) in [6.07, 6.45) is 1.50. The van der Waals surface area contributed by atoms with Gasteiger partial charge in [-0.2, -0.15) is 0 Å². The zero-order valence-electron chi connectivity index (χ0n) is 13.4. The number of benzene rings is 2. The molecule has 3 rings (SSSR count). The fourth-order valence-corrected chi connectivity index (χ4v) is 3.19. The van der Waals surface area contributed by atoms with Crippen molar-refractivity contribution in [2.45, 2.75) is 6.92 Å². The smallest absolute Gasteiger partial charge is 0.311 e. The minimum atomic E-state index is -0.687. The first-order valence-electron chi connectivity index (χ1n) is 7.36. The lowest BCUT2D eigenvalue weighted by atomic mass is 10.1. The van der Waals surface area contributed by atoms with Crippen LogP contribution in [0.1, 0.15) is 11.1 Å². The Kier molecular flexibility index (Phi) is 4.97. The number of aromatic hydroxyl groups is 1. The number of rotatable bonds is 3. The summed E-state index contributed by atoms with van der Waals surface area (Å²) in [5.74, 6) is -0.790. The van der Waals surface area contributed by atoms with Crippen molar-refractivity contribution >= 4 is 51.9 Å². The summed E-state index contributed by atoms with van der Waals surface area (Å²) in [7, 11) is 0. The highest BCUT2D eigenvalue weighted by Gasteiger charge is 2.24. The third kappa shape index (κ3) is 3.87. The molecule has 26 heavy (non-hydrogen) atoms. The summed E-state index contributed by atoms with van der Waals surface area (Å²) in [6, 6.07) is 9.21. The Bertz CT molecular complexity index is 988. The van der Waals surface area contributed by atoms with Crippen LogP contribution in [-0.4, -0.2) is 21.1 Å². The van der Waals surface area contributed by atoms with Gasteiger partial charge in [-0.3, -0.25) is 14.9 Å². The molecule has 7 nitrogen and oxygen atoms in total. The second-order valence-corrected chi connectivity index (χ2v) is 6.86. The van der Waals surface area contributed by atoms with E-state index in [1.54, 1.807) is 12.1 Å². The van der Waals surface area contributed by atoms with E-state index in [9.17, 15) is 20.0 Å². The first kappa shape index (κ1) is 18.0. The van der Waals surface area contributed by atoms with Crippen LogP contribution in [0.15, 0.2) is 46.3 Å². The van der Waals surface area contributed by atoms with Gasteiger partial charge in [-0.05, 0) is 54.1 Å². The fourth-order valence-electron chi connectivity index (χ4n) is 2.18.